The van der Waals surface area contributed by atoms with Crippen molar-refractivity contribution in [2.75, 3.05) is 11.1 Å². The lowest BCUT2D eigenvalue weighted by molar-refractivity contribution is -0.117. The molecule has 1 fully saturated rings. The molecule has 0 atom stereocenters. The SMILES string of the molecule is Nc1nc2c(-c3ccco3)nc(NC(=O)C3CC3)cn2n1. The summed E-state index contributed by atoms with van der Waals surface area (Å²) in [5.41, 5.74) is 6.60. The Bertz CT molecular complexity index is 819. The smallest absolute Gasteiger partial charge is 0.240 e. The van der Waals surface area contributed by atoms with Crippen LogP contribution in [0.1, 0.15) is 12.8 Å². The van der Waals surface area contributed by atoms with Gasteiger partial charge in [0.2, 0.25) is 11.9 Å². The van der Waals surface area contributed by atoms with Crippen molar-refractivity contribution in [1.82, 2.24) is 19.6 Å². The zero-order valence-electron chi connectivity index (χ0n) is 11.0. The topological polar surface area (TPSA) is 111 Å². The Labute approximate surface area is 119 Å². The highest BCUT2D eigenvalue weighted by atomic mass is 16.3. The Morgan fingerprint density at radius 2 is 2.29 bits per heavy atom. The van der Waals surface area contributed by atoms with E-state index in [0.29, 0.717) is 22.9 Å². The van der Waals surface area contributed by atoms with E-state index in [1.54, 1.807) is 24.6 Å². The van der Waals surface area contributed by atoms with Crippen LogP contribution in [0, 0.1) is 5.92 Å². The van der Waals surface area contributed by atoms with Gasteiger partial charge in [0.15, 0.2) is 22.9 Å². The second-order valence-corrected chi connectivity index (χ2v) is 4.95. The Morgan fingerprint density at radius 1 is 1.43 bits per heavy atom. The highest BCUT2D eigenvalue weighted by Gasteiger charge is 2.30. The molecule has 1 amide bonds. The van der Waals surface area contributed by atoms with Crippen molar-refractivity contribution in [2.45, 2.75) is 12.8 Å². The number of nitrogen functional groups attached to an aromatic ring is 1. The summed E-state index contributed by atoms with van der Waals surface area (Å²) in [4.78, 5) is 20.4. The van der Waals surface area contributed by atoms with E-state index in [-0.39, 0.29) is 17.8 Å². The maximum atomic E-state index is 11.9. The maximum Gasteiger partial charge on any atom is 0.240 e. The molecule has 0 radical (unpaired) electrons. The molecule has 0 aliphatic heterocycles. The predicted molar refractivity (Wildman–Crippen MR) is 74.3 cm³/mol. The van der Waals surface area contributed by atoms with Gasteiger partial charge in [-0.15, -0.1) is 5.10 Å². The van der Waals surface area contributed by atoms with Gasteiger partial charge in [-0.25, -0.2) is 9.50 Å². The Kier molecular flexibility index (Phi) is 2.44. The molecule has 0 unspecified atom stereocenters. The summed E-state index contributed by atoms with van der Waals surface area (Å²) in [6.07, 6.45) is 4.99. The second kappa shape index (κ2) is 4.30. The zero-order chi connectivity index (χ0) is 14.4. The van der Waals surface area contributed by atoms with Crippen LogP contribution in [-0.4, -0.2) is 25.5 Å². The average Bonchev–Trinajstić information content (AvgIpc) is 3.03. The molecule has 21 heavy (non-hydrogen) atoms. The number of nitrogens with one attached hydrogen (secondary N) is 1. The largest absolute Gasteiger partial charge is 0.463 e. The van der Waals surface area contributed by atoms with Gasteiger partial charge in [-0.2, -0.15) is 4.98 Å². The molecule has 0 bridgehead atoms. The third-order valence-corrected chi connectivity index (χ3v) is 3.29. The molecular weight excluding hydrogens is 272 g/mol. The highest BCUT2D eigenvalue weighted by molar-refractivity contribution is 5.93. The first-order chi connectivity index (χ1) is 10.2. The van der Waals surface area contributed by atoms with Crippen LogP contribution in [0.3, 0.4) is 0 Å². The van der Waals surface area contributed by atoms with Crippen LogP contribution in [-0.2, 0) is 4.79 Å². The number of aromatic nitrogens is 4. The Hall–Kier alpha value is -2.90. The minimum Gasteiger partial charge on any atom is -0.463 e. The minimum atomic E-state index is -0.0275. The van der Waals surface area contributed by atoms with E-state index in [4.69, 9.17) is 10.2 Å². The predicted octanol–water partition coefficient (Wildman–Crippen LogP) is 1.31. The van der Waals surface area contributed by atoms with Gasteiger partial charge in [0.05, 0.1) is 12.5 Å². The number of furan rings is 1. The van der Waals surface area contributed by atoms with Gasteiger partial charge in [0.25, 0.3) is 0 Å². The van der Waals surface area contributed by atoms with Crippen molar-refractivity contribution in [3.05, 3.63) is 24.6 Å². The van der Waals surface area contributed by atoms with Crippen LogP contribution >= 0.6 is 0 Å². The number of amides is 1. The standard InChI is InChI=1S/C13H12N6O2/c14-13-17-11-10(8-2-1-5-21-8)15-9(6-19(11)18-13)16-12(20)7-3-4-7/h1-2,5-7H,3-4H2,(H2,14,18)(H,16,20). The zero-order valence-corrected chi connectivity index (χ0v) is 11.0. The van der Waals surface area contributed by atoms with Gasteiger partial charge in [-0.1, -0.05) is 0 Å². The summed E-state index contributed by atoms with van der Waals surface area (Å²) in [7, 11) is 0. The minimum absolute atomic E-state index is 0.0275. The van der Waals surface area contributed by atoms with Crippen molar-refractivity contribution < 1.29 is 9.21 Å². The molecule has 3 aromatic rings. The molecule has 4 rings (SSSR count). The van der Waals surface area contributed by atoms with E-state index in [1.807, 2.05) is 0 Å². The quantitative estimate of drug-likeness (QED) is 0.750. The lowest BCUT2D eigenvalue weighted by Crippen LogP contribution is -2.15. The normalized spacial score (nSPS) is 14.5. The van der Waals surface area contributed by atoms with Crippen molar-refractivity contribution in [3.8, 4) is 11.5 Å². The second-order valence-electron chi connectivity index (χ2n) is 4.95. The molecule has 0 spiro atoms. The van der Waals surface area contributed by atoms with Gasteiger partial charge in [0.1, 0.15) is 0 Å². The van der Waals surface area contributed by atoms with E-state index in [0.717, 1.165) is 12.8 Å². The van der Waals surface area contributed by atoms with Crippen LogP contribution < -0.4 is 11.1 Å². The lowest BCUT2D eigenvalue weighted by Gasteiger charge is -2.06. The van der Waals surface area contributed by atoms with Gasteiger partial charge in [-0.3, -0.25) is 4.79 Å². The van der Waals surface area contributed by atoms with Crippen LogP contribution in [0.2, 0.25) is 0 Å². The molecule has 0 saturated heterocycles. The Balaban J connectivity index is 1.82. The van der Waals surface area contributed by atoms with Crippen molar-refractivity contribution in [3.63, 3.8) is 0 Å². The van der Waals surface area contributed by atoms with Crippen LogP contribution in [0.25, 0.3) is 17.1 Å². The number of hydrogen-bond donors (Lipinski definition) is 2. The molecule has 3 aromatic heterocycles. The number of rotatable bonds is 3. The van der Waals surface area contributed by atoms with Crippen LogP contribution in [0.15, 0.2) is 29.0 Å². The summed E-state index contributed by atoms with van der Waals surface area (Å²) in [5, 5.41) is 6.85. The molecule has 1 aliphatic carbocycles. The summed E-state index contributed by atoms with van der Waals surface area (Å²) in [6, 6.07) is 3.52. The fourth-order valence-corrected chi connectivity index (χ4v) is 2.12. The molecule has 0 aromatic carbocycles. The molecule has 8 heteroatoms. The van der Waals surface area contributed by atoms with E-state index in [2.05, 4.69) is 20.4 Å². The van der Waals surface area contributed by atoms with Crippen LogP contribution in [0.4, 0.5) is 11.8 Å². The van der Waals surface area contributed by atoms with E-state index in [1.165, 1.54) is 4.52 Å². The third kappa shape index (κ3) is 2.10. The first-order valence-corrected chi connectivity index (χ1v) is 6.58. The molecule has 8 nitrogen and oxygen atoms in total. The fourth-order valence-electron chi connectivity index (χ4n) is 2.12. The molecule has 3 heterocycles. The first-order valence-electron chi connectivity index (χ1n) is 6.58. The first kappa shape index (κ1) is 11.9. The van der Waals surface area contributed by atoms with Crippen molar-refractivity contribution >= 4 is 23.3 Å². The van der Waals surface area contributed by atoms with Crippen molar-refractivity contribution in [1.29, 1.82) is 0 Å². The number of carbonyl (C=O) groups excluding carboxylic acids is 1. The van der Waals surface area contributed by atoms with E-state index >= 15 is 0 Å². The van der Waals surface area contributed by atoms with E-state index in [9.17, 15) is 4.79 Å². The van der Waals surface area contributed by atoms with Gasteiger partial charge < -0.3 is 15.5 Å². The maximum absolute atomic E-state index is 11.9. The fraction of sp³-hybridized carbons (Fsp3) is 0.231. The van der Waals surface area contributed by atoms with E-state index < -0.39 is 0 Å². The number of nitrogens with zero attached hydrogens (tertiary/aromatic N) is 4. The molecule has 1 aliphatic rings. The summed E-state index contributed by atoms with van der Waals surface area (Å²) in [5.74, 6) is 1.14. The average molecular weight is 284 g/mol. The molecule has 3 N–H and O–H groups in total. The van der Waals surface area contributed by atoms with Crippen molar-refractivity contribution in [2.24, 2.45) is 5.92 Å². The van der Waals surface area contributed by atoms with Crippen LogP contribution in [0.5, 0.6) is 0 Å². The lowest BCUT2D eigenvalue weighted by atomic mass is 10.3. The van der Waals surface area contributed by atoms with Gasteiger partial charge in [0, 0.05) is 5.92 Å². The monoisotopic (exact) mass is 284 g/mol. The number of nitrogens with two attached hydrogens (primary N) is 1. The molecule has 1 saturated carbocycles. The highest BCUT2D eigenvalue weighted by Crippen LogP contribution is 2.30. The van der Waals surface area contributed by atoms with Gasteiger partial charge in [-0.05, 0) is 25.0 Å². The summed E-state index contributed by atoms with van der Waals surface area (Å²) in [6.45, 7) is 0. The molecule has 106 valence electrons. The number of anilines is 2. The number of carbonyl (C=O) groups is 1. The summed E-state index contributed by atoms with van der Waals surface area (Å²) < 4.78 is 6.85. The summed E-state index contributed by atoms with van der Waals surface area (Å²) >= 11 is 0. The number of hydrogen-bond acceptors (Lipinski definition) is 6. The molecular formula is C13H12N6O2. The Morgan fingerprint density at radius 3 is 3.00 bits per heavy atom. The third-order valence-electron chi connectivity index (χ3n) is 3.29. The van der Waals surface area contributed by atoms with Gasteiger partial charge >= 0.3 is 0 Å². The number of fused-ring (bicyclic) bond motifs is 1.